The molecule has 12 nitrogen and oxygen atoms in total. The molecule has 0 radical (unpaired) electrons. The summed E-state index contributed by atoms with van der Waals surface area (Å²) in [5, 5.41) is 27.8. The molecule has 4 aliphatic rings. The molecular weight excluding hydrogens is 620 g/mol. The van der Waals surface area contributed by atoms with Crippen LogP contribution >= 0.6 is 0 Å². The van der Waals surface area contributed by atoms with Gasteiger partial charge < -0.3 is 20.1 Å². The van der Waals surface area contributed by atoms with E-state index in [2.05, 4.69) is 0 Å². The fourth-order valence-corrected chi connectivity index (χ4v) is 7.91. The third-order valence-corrected chi connectivity index (χ3v) is 9.99. The number of carbonyl (C=O) groups is 6. The first-order valence-electron chi connectivity index (χ1n) is 15.6. The van der Waals surface area contributed by atoms with E-state index >= 15 is 0 Å². The highest BCUT2D eigenvalue weighted by atomic mass is 16.5. The molecule has 1 saturated carbocycles. The van der Waals surface area contributed by atoms with Gasteiger partial charge in [0.1, 0.15) is 12.4 Å². The molecule has 0 aromatic heterocycles. The average Bonchev–Trinajstić information content (AvgIpc) is 3.50. The second-order valence-corrected chi connectivity index (χ2v) is 12.4. The SMILES string of the molecule is O=C(O)c1ccc(N2C(=O)[C@H]3[C@H](CC=C4[C@H]3C[C@H]3C(=O)N(c5ccc(C(=O)O)cc5)C(=O)[C@H]3[C@H]4c3ccc(OCCO)cc3)C2=O)cc1. The number of rotatable bonds is 8. The normalized spacial score (nSPS) is 26.1. The topological polar surface area (TPSA) is 179 Å². The molecule has 3 fully saturated rings. The maximum atomic E-state index is 14.2. The summed E-state index contributed by atoms with van der Waals surface area (Å²) < 4.78 is 5.53. The molecule has 2 aliphatic carbocycles. The van der Waals surface area contributed by atoms with E-state index in [0.29, 0.717) is 5.75 Å². The van der Waals surface area contributed by atoms with Crippen molar-refractivity contribution in [3.63, 3.8) is 0 Å². The minimum absolute atomic E-state index is 0.00503. The lowest BCUT2D eigenvalue weighted by Gasteiger charge is -2.44. The van der Waals surface area contributed by atoms with Crippen LogP contribution < -0.4 is 14.5 Å². The number of anilines is 2. The van der Waals surface area contributed by atoms with Gasteiger partial charge in [-0.2, -0.15) is 0 Å². The number of fused-ring (bicyclic) bond motifs is 4. The number of hydrogen-bond acceptors (Lipinski definition) is 8. The zero-order valence-corrected chi connectivity index (χ0v) is 25.4. The second-order valence-electron chi connectivity index (χ2n) is 12.4. The Labute approximate surface area is 273 Å². The van der Waals surface area contributed by atoms with Crippen LogP contribution in [0.2, 0.25) is 0 Å². The Bertz CT molecular complexity index is 1880. The van der Waals surface area contributed by atoms with E-state index < -0.39 is 71.1 Å². The number of carboxylic acids is 2. The van der Waals surface area contributed by atoms with E-state index in [4.69, 9.17) is 9.84 Å². The molecule has 2 saturated heterocycles. The van der Waals surface area contributed by atoms with Gasteiger partial charge in [0.15, 0.2) is 0 Å². The first-order valence-corrected chi connectivity index (χ1v) is 15.6. The standard InChI is InChI=1S/C36H30N2O10/c39-15-16-48-23-11-5-18(6-12-23)28-24-13-14-25-29(33(42)37(31(25)40)21-7-1-19(2-8-21)35(44)45)26(24)17-27-30(28)34(43)38(32(27)41)22-9-3-20(4-10-22)36(46)47/h1-13,25-30,39H,14-17H2,(H,44,45)(H,46,47)/t25-,26+,27+,28-,29-,30+/m0/s1. The molecule has 7 rings (SSSR count). The predicted octanol–water partition coefficient (Wildman–Crippen LogP) is 3.50. The number of allylic oxidation sites excluding steroid dienone is 2. The summed E-state index contributed by atoms with van der Waals surface area (Å²) in [6.07, 6.45) is 2.33. The van der Waals surface area contributed by atoms with Crippen molar-refractivity contribution in [1.29, 1.82) is 0 Å². The van der Waals surface area contributed by atoms with Crippen molar-refractivity contribution in [3.05, 3.63) is 101 Å². The maximum absolute atomic E-state index is 14.2. The summed E-state index contributed by atoms with van der Waals surface area (Å²) in [5.41, 5.74) is 2.05. The maximum Gasteiger partial charge on any atom is 0.335 e. The largest absolute Gasteiger partial charge is 0.491 e. The highest BCUT2D eigenvalue weighted by Crippen LogP contribution is 2.58. The minimum Gasteiger partial charge on any atom is -0.491 e. The first-order chi connectivity index (χ1) is 23.1. The number of benzene rings is 3. The monoisotopic (exact) mass is 650 g/mol. The molecule has 2 heterocycles. The van der Waals surface area contributed by atoms with Crippen LogP contribution in [0.4, 0.5) is 11.4 Å². The van der Waals surface area contributed by atoms with Crippen LogP contribution in [0.5, 0.6) is 5.75 Å². The van der Waals surface area contributed by atoms with Crippen molar-refractivity contribution < 1.29 is 48.8 Å². The van der Waals surface area contributed by atoms with Crippen LogP contribution in [-0.2, 0) is 19.2 Å². The number of ether oxygens (including phenoxy) is 1. The Morgan fingerprint density at radius 3 is 1.71 bits per heavy atom. The molecule has 12 heteroatoms. The van der Waals surface area contributed by atoms with Crippen molar-refractivity contribution in [2.24, 2.45) is 29.6 Å². The summed E-state index contributed by atoms with van der Waals surface area (Å²) in [5.74, 6) is -7.77. The van der Waals surface area contributed by atoms with E-state index in [1.807, 2.05) is 6.08 Å². The van der Waals surface area contributed by atoms with Crippen LogP contribution in [-0.4, -0.2) is 64.1 Å². The van der Waals surface area contributed by atoms with Crippen LogP contribution in [0.15, 0.2) is 84.4 Å². The van der Waals surface area contributed by atoms with Crippen LogP contribution in [0.25, 0.3) is 0 Å². The summed E-state index contributed by atoms with van der Waals surface area (Å²) in [7, 11) is 0. The van der Waals surface area contributed by atoms with Crippen LogP contribution in [0.1, 0.15) is 45.0 Å². The number of hydrogen-bond donors (Lipinski definition) is 3. The molecule has 0 unspecified atom stereocenters. The van der Waals surface area contributed by atoms with E-state index in [-0.39, 0.29) is 48.6 Å². The third-order valence-electron chi connectivity index (χ3n) is 9.99. The Balaban J connectivity index is 1.28. The van der Waals surface area contributed by atoms with Crippen molar-refractivity contribution in [1.82, 2.24) is 0 Å². The zero-order chi connectivity index (χ0) is 33.9. The van der Waals surface area contributed by atoms with Crippen molar-refractivity contribution >= 4 is 46.9 Å². The van der Waals surface area contributed by atoms with Gasteiger partial charge >= 0.3 is 11.9 Å². The molecule has 3 aromatic rings. The van der Waals surface area contributed by atoms with E-state index in [1.165, 1.54) is 48.5 Å². The number of carbonyl (C=O) groups excluding carboxylic acids is 4. The second kappa shape index (κ2) is 11.9. The van der Waals surface area contributed by atoms with Gasteiger partial charge in [-0.1, -0.05) is 23.8 Å². The molecule has 0 bridgehead atoms. The highest BCUT2D eigenvalue weighted by molar-refractivity contribution is 6.24. The molecule has 48 heavy (non-hydrogen) atoms. The Hall–Kier alpha value is -5.62. The van der Waals surface area contributed by atoms with Gasteiger partial charge in [-0.05, 0) is 85.0 Å². The Morgan fingerprint density at radius 1 is 0.667 bits per heavy atom. The zero-order valence-electron chi connectivity index (χ0n) is 25.4. The number of aliphatic hydroxyl groups excluding tert-OH is 1. The fraction of sp³-hybridized carbons (Fsp3) is 0.278. The molecule has 6 atom stereocenters. The summed E-state index contributed by atoms with van der Waals surface area (Å²) in [6.45, 7) is -0.0727. The molecule has 2 aliphatic heterocycles. The number of aromatic carboxylic acids is 2. The van der Waals surface area contributed by atoms with Crippen molar-refractivity contribution in [2.45, 2.75) is 18.8 Å². The van der Waals surface area contributed by atoms with Gasteiger partial charge in [-0.3, -0.25) is 29.0 Å². The number of nitrogens with zero attached hydrogens (tertiary/aromatic N) is 2. The Morgan fingerprint density at radius 2 is 1.19 bits per heavy atom. The molecule has 4 amide bonds. The molecule has 3 N–H and O–H groups in total. The van der Waals surface area contributed by atoms with Crippen LogP contribution in [0.3, 0.4) is 0 Å². The van der Waals surface area contributed by atoms with Crippen molar-refractivity contribution in [2.75, 3.05) is 23.0 Å². The van der Waals surface area contributed by atoms with Gasteiger partial charge in [-0.15, -0.1) is 0 Å². The van der Waals surface area contributed by atoms with E-state index in [0.717, 1.165) is 20.9 Å². The lowest BCUT2D eigenvalue weighted by molar-refractivity contribution is -0.126. The number of carboxylic acid groups (broad SMARTS) is 2. The fourth-order valence-electron chi connectivity index (χ4n) is 7.91. The molecular formula is C36H30N2O10. The highest BCUT2D eigenvalue weighted by Gasteiger charge is 2.62. The molecule has 3 aromatic carbocycles. The van der Waals surface area contributed by atoms with Crippen LogP contribution in [0, 0.1) is 29.6 Å². The average molecular weight is 651 g/mol. The molecule has 0 spiro atoms. The molecule has 244 valence electrons. The predicted molar refractivity (Wildman–Crippen MR) is 168 cm³/mol. The van der Waals surface area contributed by atoms with Gasteiger partial charge in [0, 0.05) is 5.92 Å². The Kier molecular flexibility index (Phi) is 7.67. The number of aliphatic hydroxyl groups is 1. The van der Waals surface area contributed by atoms with Gasteiger partial charge in [-0.25, -0.2) is 9.59 Å². The van der Waals surface area contributed by atoms with E-state index in [9.17, 15) is 39.0 Å². The van der Waals surface area contributed by atoms with Crippen molar-refractivity contribution in [3.8, 4) is 5.75 Å². The number of amides is 4. The van der Waals surface area contributed by atoms with Gasteiger partial charge in [0.05, 0.1) is 52.8 Å². The summed E-state index contributed by atoms with van der Waals surface area (Å²) in [6, 6.07) is 18.0. The smallest absolute Gasteiger partial charge is 0.335 e. The minimum atomic E-state index is -1.14. The summed E-state index contributed by atoms with van der Waals surface area (Å²) in [4.78, 5) is 81.2. The quantitative estimate of drug-likeness (QED) is 0.241. The lowest BCUT2D eigenvalue weighted by atomic mass is 9.57. The lowest BCUT2D eigenvalue weighted by Crippen LogP contribution is -2.43. The number of imide groups is 2. The van der Waals surface area contributed by atoms with E-state index in [1.54, 1.807) is 24.3 Å². The summed E-state index contributed by atoms with van der Waals surface area (Å²) >= 11 is 0. The van der Waals surface area contributed by atoms with Gasteiger partial charge in [0.25, 0.3) is 0 Å². The third kappa shape index (κ3) is 4.87. The van der Waals surface area contributed by atoms with Gasteiger partial charge in [0.2, 0.25) is 23.6 Å². The first kappa shape index (κ1) is 31.0.